The van der Waals surface area contributed by atoms with Crippen molar-refractivity contribution in [1.29, 1.82) is 0 Å². The van der Waals surface area contributed by atoms with Crippen molar-refractivity contribution in [3.05, 3.63) is 215 Å². The quantitative estimate of drug-likeness (QED) is 0.0864. The van der Waals surface area contributed by atoms with Crippen molar-refractivity contribution in [2.45, 2.75) is 61.4 Å². The Morgan fingerprint density at radius 2 is 0.648 bits per heavy atom. The average Bonchev–Trinajstić information content (AvgIpc) is 3.42. The van der Waals surface area contributed by atoms with E-state index in [1.165, 1.54) is 72.8 Å². The summed E-state index contributed by atoms with van der Waals surface area (Å²) in [4.78, 5) is 82.2. The maximum atomic E-state index is 14.1. The van der Waals surface area contributed by atoms with E-state index in [0.29, 0.717) is 0 Å². The summed E-state index contributed by atoms with van der Waals surface area (Å²) in [5.74, 6) is -5.56. The highest BCUT2D eigenvalue weighted by Crippen LogP contribution is 2.35. The zero-order chi connectivity index (χ0) is 49.7. The molecule has 6 aromatic rings. The van der Waals surface area contributed by atoms with Crippen LogP contribution in [-0.2, 0) is 42.6 Å². The predicted molar refractivity (Wildman–Crippen MR) is 246 cm³/mol. The van der Waals surface area contributed by atoms with Gasteiger partial charge >= 0.3 is 35.8 Å². The Morgan fingerprint density at radius 1 is 0.352 bits per heavy atom. The molecule has 0 saturated carbocycles. The maximum absolute atomic E-state index is 14.1. The van der Waals surface area contributed by atoms with Crippen molar-refractivity contribution in [1.82, 2.24) is 0 Å². The molecule has 0 radical (unpaired) electrons. The van der Waals surface area contributed by atoms with E-state index < -0.39 is 110 Å². The fourth-order valence-electron chi connectivity index (χ4n) is 7.71. The van der Waals surface area contributed by atoms with Gasteiger partial charge in [0.15, 0.2) is 37.0 Å². The molecular weight excluding hydrogens is 921 g/mol. The van der Waals surface area contributed by atoms with Gasteiger partial charge in [-0.3, -0.25) is 0 Å². The molecule has 2 aliphatic heterocycles. The van der Waals surface area contributed by atoms with Crippen LogP contribution in [0.2, 0.25) is 0 Å². The highest BCUT2D eigenvalue weighted by molar-refractivity contribution is 5.92. The van der Waals surface area contributed by atoms with E-state index in [9.17, 15) is 39.0 Å². The number of rotatable bonds is 16. The first-order valence-electron chi connectivity index (χ1n) is 22.3. The summed E-state index contributed by atoms with van der Waals surface area (Å²) in [6, 6.07) is 46.6. The Labute approximate surface area is 406 Å². The van der Waals surface area contributed by atoms with Crippen LogP contribution in [0.4, 0.5) is 0 Å². The lowest BCUT2D eigenvalue weighted by Gasteiger charge is -2.47. The van der Waals surface area contributed by atoms with Gasteiger partial charge in [-0.25, -0.2) is 28.8 Å². The molecule has 71 heavy (non-hydrogen) atoms. The summed E-state index contributed by atoms with van der Waals surface area (Å²) in [5, 5.41) is 24.1. The molecule has 2 saturated heterocycles. The Bertz CT molecular complexity index is 2730. The normalized spacial score (nSPS) is 23.7. The minimum absolute atomic E-state index is 0.0209. The number of ether oxygens (including phenoxy) is 9. The smallest absolute Gasteiger partial charge is 0.338 e. The van der Waals surface area contributed by atoms with Crippen molar-refractivity contribution in [3.8, 4) is 0 Å². The van der Waals surface area contributed by atoms with E-state index in [0.717, 1.165) is 0 Å². The molecule has 0 amide bonds. The van der Waals surface area contributed by atoms with E-state index in [1.54, 1.807) is 109 Å². The maximum Gasteiger partial charge on any atom is 0.338 e. The number of hydrogen-bond acceptors (Lipinski definition) is 17. The average molecular weight is 967 g/mol. The second-order valence-electron chi connectivity index (χ2n) is 16.1. The van der Waals surface area contributed by atoms with Gasteiger partial charge < -0.3 is 52.8 Å². The monoisotopic (exact) mass is 966 g/mol. The van der Waals surface area contributed by atoms with E-state index in [2.05, 4.69) is 0 Å². The number of carbonyl (C=O) groups is 6. The molecule has 2 aliphatic rings. The van der Waals surface area contributed by atoms with Gasteiger partial charge in [0.2, 0.25) is 0 Å². The lowest BCUT2D eigenvalue weighted by atomic mass is 9.96. The van der Waals surface area contributed by atoms with Gasteiger partial charge in [0, 0.05) is 0 Å². The first-order chi connectivity index (χ1) is 34.5. The second kappa shape index (κ2) is 23.5. The number of aliphatic hydroxyl groups is 2. The lowest BCUT2D eigenvalue weighted by Crippen LogP contribution is -2.66. The minimum atomic E-state index is -2.08. The van der Waals surface area contributed by atoms with Crippen LogP contribution < -0.4 is 0 Å². The summed E-state index contributed by atoms with van der Waals surface area (Å²) in [6.45, 7) is -1.41. The molecule has 6 aromatic carbocycles. The third-order valence-corrected chi connectivity index (χ3v) is 11.3. The molecule has 0 bridgehead atoms. The number of hydrogen-bond donors (Lipinski definition) is 2. The summed E-state index contributed by atoms with van der Waals surface area (Å²) in [7, 11) is 0. The molecule has 17 heteroatoms. The molecular formula is C54H46O17. The van der Waals surface area contributed by atoms with Gasteiger partial charge in [0.1, 0.15) is 37.6 Å². The molecule has 0 unspecified atom stereocenters. The third kappa shape index (κ3) is 12.4. The van der Waals surface area contributed by atoms with Crippen molar-refractivity contribution in [3.63, 3.8) is 0 Å². The van der Waals surface area contributed by atoms with Gasteiger partial charge in [-0.2, -0.15) is 0 Å². The molecule has 2 fully saturated rings. The second-order valence-corrected chi connectivity index (χ2v) is 16.1. The van der Waals surface area contributed by atoms with Crippen molar-refractivity contribution >= 4 is 35.8 Å². The third-order valence-electron chi connectivity index (χ3n) is 11.3. The van der Waals surface area contributed by atoms with Crippen molar-refractivity contribution in [2.24, 2.45) is 0 Å². The van der Waals surface area contributed by atoms with Gasteiger partial charge in [0.05, 0.1) is 33.4 Å². The van der Waals surface area contributed by atoms with Crippen LogP contribution in [0.5, 0.6) is 0 Å². The molecule has 0 aliphatic carbocycles. The Balaban J connectivity index is 1.20. The molecule has 2 N–H and O–H groups in total. The summed E-state index contributed by atoms with van der Waals surface area (Å²) in [5.41, 5.74) is 0.441. The first-order valence-corrected chi connectivity index (χ1v) is 22.3. The molecule has 364 valence electrons. The minimum Gasteiger partial charge on any atom is -0.459 e. The summed E-state index contributed by atoms with van der Waals surface area (Å²) in [6.07, 6.45) is -18.6. The van der Waals surface area contributed by atoms with E-state index in [-0.39, 0.29) is 33.4 Å². The number of esters is 6. The topological polar surface area (TPSA) is 226 Å². The zero-order valence-electron chi connectivity index (χ0n) is 37.5. The number of aliphatic hydroxyl groups excluding tert-OH is 2. The van der Waals surface area contributed by atoms with Crippen LogP contribution in [0.25, 0.3) is 0 Å². The van der Waals surface area contributed by atoms with Gasteiger partial charge in [-0.1, -0.05) is 109 Å². The van der Waals surface area contributed by atoms with E-state index in [4.69, 9.17) is 42.6 Å². The fourth-order valence-corrected chi connectivity index (χ4v) is 7.71. The Hall–Kier alpha value is -8.06. The SMILES string of the molecule is O=C(OC[C@H]1O[C@@H](O[C@H]2[C@H](OC(=O)c3ccccc3)[C@@H](OC(=O)c3ccccc3)[C@H](O)O[C@@H]2COC(=O)c2ccccc2)[C@H](OC(=O)c2ccccc2)[C@@H](O)[C@H]1OC(=O)c1ccccc1)c1ccccc1. The van der Waals surface area contributed by atoms with Crippen molar-refractivity contribution < 1.29 is 81.6 Å². The molecule has 0 spiro atoms. The predicted octanol–water partition coefficient (Wildman–Crippen LogP) is 5.79. The van der Waals surface area contributed by atoms with Crippen LogP contribution in [0, 0.1) is 0 Å². The van der Waals surface area contributed by atoms with Crippen molar-refractivity contribution in [2.75, 3.05) is 13.2 Å². The molecule has 17 nitrogen and oxygen atoms in total. The fraction of sp³-hybridized carbons (Fsp3) is 0.222. The van der Waals surface area contributed by atoms with Crippen LogP contribution in [0.1, 0.15) is 62.1 Å². The largest absolute Gasteiger partial charge is 0.459 e. The first kappa shape index (κ1) is 49.4. The zero-order valence-corrected chi connectivity index (χ0v) is 37.5. The van der Waals surface area contributed by atoms with Crippen LogP contribution >= 0.6 is 0 Å². The van der Waals surface area contributed by atoms with Gasteiger partial charge in [-0.05, 0) is 72.8 Å². The van der Waals surface area contributed by atoms with Gasteiger partial charge in [-0.15, -0.1) is 0 Å². The molecule has 2 heterocycles. The Kier molecular flexibility index (Phi) is 16.3. The Morgan fingerprint density at radius 3 is 1.01 bits per heavy atom. The summed E-state index contributed by atoms with van der Waals surface area (Å²) < 4.78 is 54.1. The summed E-state index contributed by atoms with van der Waals surface area (Å²) >= 11 is 0. The van der Waals surface area contributed by atoms with E-state index >= 15 is 0 Å². The van der Waals surface area contributed by atoms with Gasteiger partial charge in [0.25, 0.3) is 0 Å². The molecule has 0 aromatic heterocycles. The highest BCUT2D eigenvalue weighted by atomic mass is 16.8. The highest BCUT2D eigenvalue weighted by Gasteiger charge is 2.56. The van der Waals surface area contributed by atoms with Crippen LogP contribution in [0.15, 0.2) is 182 Å². The number of benzene rings is 6. The molecule has 8 rings (SSSR count). The lowest BCUT2D eigenvalue weighted by molar-refractivity contribution is -0.352. The number of carbonyl (C=O) groups excluding carboxylic acids is 6. The van der Waals surface area contributed by atoms with E-state index in [1.807, 2.05) is 0 Å². The van der Waals surface area contributed by atoms with Crippen LogP contribution in [-0.4, -0.2) is 121 Å². The van der Waals surface area contributed by atoms with Crippen LogP contribution in [0.3, 0.4) is 0 Å². The standard InChI is InChI=1S/C54H46O17/c55-41-42(67-49(58)35-23-11-3-12-24-35)39(31-63-47(56)33-19-7-1-8-20-33)66-54(44(41)68-50(59)36-25-13-4-14-26-36)71-43-40(32-64-48(57)34-21-9-2-10-22-34)65-53(62)46(70-52(61)38-29-17-6-18-30-38)45(43)69-51(60)37-27-15-5-16-28-37/h1-30,39-46,53-55,62H,31-32H2/t39-,40-,41+,42+,43-,44-,45+,46-,53-,54+/m1/s1. The molecule has 10 atom stereocenters.